The van der Waals surface area contributed by atoms with Crippen LogP contribution in [0.4, 0.5) is 0 Å². The molecule has 0 spiro atoms. The van der Waals surface area contributed by atoms with Crippen LogP contribution < -0.4 is 0 Å². The largest absolute Gasteiger partial charge is 0.477 e. The van der Waals surface area contributed by atoms with Crippen LogP contribution in [-0.4, -0.2) is 80.6 Å². The molecule has 0 aliphatic carbocycles. The zero-order chi connectivity index (χ0) is 44.2. The fraction of sp³-hybridized carbons (Fsp3) is 0.750. The molecule has 0 rings (SSSR count). The molecule has 0 fully saturated rings. The van der Waals surface area contributed by atoms with Crippen molar-refractivity contribution in [2.75, 3.05) is 41.0 Å². The number of hydrogen-bond acceptors (Lipinski definition) is 6. The standard InChI is InChI=1S/C52H91NO7/c1-6-8-10-12-14-16-18-20-22-24-25-27-28-30-32-34-36-38-40-42-50(54)59-47-48(46-58-45-44-49(52(56)57)53(3,4)5)60-51(55)43-41-39-37-35-33-31-29-26-23-21-19-17-15-13-11-9-7-2/h14,16,18,20-21,23,29,31,35,37,48-49H,6-13,15,17,19,22,24-28,30,32-34,36,38-47H2,1-5H3/p+1/b16-14+,20-18+,23-21+,31-29+,37-35+. The molecule has 0 saturated carbocycles. The van der Waals surface area contributed by atoms with E-state index >= 15 is 0 Å². The Hall–Kier alpha value is -2.97. The quantitative estimate of drug-likeness (QED) is 0.0215. The van der Waals surface area contributed by atoms with Crippen LogP contribution in [0.1, 0.15) is 200 Å². The number of carbonyl (C=O) groups is 3. The van der Waals surface area contributed by atoms with Crippen molar-refractivity contribution in [2.24, 2.45) is 0 Å². The number of likely N-dealkylation sites (N-methyl/N-ethyl adjacent to an activating group) is 1. The third kappa shape index (κ3) is 40.4. The third-order valence-corrected chi connectivity index (χ3v) is 10.7. The summed E-state index contributed by atoms with van der Waals surface area (Å²) in [7, 11) is 5.51. The van der Waals surface area contributed by atoms with Gasteiger partial charge in [0.25, 0.3) is 0 Å². The van der Waals surface area contributed by atoms with Gasteiger partial charge in [-0.25, -0.2) is 4.79 Å². The summed E-state index contributed by atoms with van der Waals surface area (Å²) in [6.07, 6.45) is 52.7. The normalized spacial score (nSPS) is 13.4. The molecule has 0 aliphatic heterocycles. The fourth-order valence-electron chi connectivity index (χ4n) is 6.86. The number of quaternary nitrogens is 1. The van der Waals surface area contributed by atoms with Crippen LogP contribution in [-0.2, 0) is 28.6 Å². The van der Waals surface area contributed by atoms with E-state index in [0.717, 1.165) is 38.5 Å². The first kappa shape index (κ1) is 57.0. The van der Waals surface area contributed by atoms with Gasteiger partial charge in [-0.1, -0.05) is 171 Å². The molecule has 0 aromatic carbocycles. The third-order valence-electron chi connectivity index (χ3n) is 10.7. The number of carbonyl (C=O) groups excluding carboxylic acids is 2. The van der Waals surface area contributed by atoms with Gasteiger partial charge in [0.1, 0.15) is 6.61 Å². The highest BCUT2D eigenvalue weighted by Gasteiger charge is 2.31. The van der Waals surface area contributed by atoms with Gasteiger partial charge in [-0.05, 0) is 70.6 Å². The molecule has 8 heteroatoms. The molecule has 2 unspecified atom stereocenters. The summed E-state index contributed by atoms with van der Waals surface area (Å²) < 4.78 is 17.3. The molecule has 0 aliphatic rings. The van der Waals surface area contributed by atoms with E-state index in [1.54, 1.807) is 0 Å². The SMILES string of the molecule is CCCCC/C=C/C=C/CCCCCCCCCCCCC(=O)OCC(COCCC(C(=O)O)[N+](C)(C)C)OC(=O)CCC/C=C/C/C=C/C/C=C/CCCCCCCC. The Morgan fingerprint density at radius 1 is 0.517 bits per heavy atom. The number of hydrogen-bond donors (Lipinski definition) is 1. The maximum atomic E-state index is 12.7. The van der Waals surface area contributed by atoms with E-state index in [-0.39, 0.29) is 42.7 Å². The van der Waals surface area contributed by atoms with Crippen molar-refractivity contribution in [3.05, 3.63) is 60.8 Å². The Morgan fingerprint density at radius 2 is 0.950 bits per heavy atom. The van der Waals surface area contributed by atoms with Gasteiger partial charge in [0.05, 0.1) is 34.4 Å². The first-order chi connectivity index (χ1) is 29.1. The molecule has 0 bridgehead atoms. The molecule has 2 atom stereocenters. The molecule has 8 nitrogen and oxygen atoms in total. The lowest BCUT2D eigenvalue weighted by molar-refractivity contribution is -0.887. The van der Waals surface area contributed by atoms with E-state index in [0.29, 0.717) is 19.3 Å². The molecule has 0 aromatic heterocycles. The number of ether oxygens (including phenoxy) is 3. The number of allylic oxidation sites excluding steroid dienone is 10. The molecule has 346 valence electrons. The first-order valence-corrected chi connectivity index (χ1v) is 24.3. The van der Waals surface area contributed by atoms with Crippen molar-refractivity contribution in [3.63, 3.8) is 0 Å². The minimum atomic E-state index is -0.884. The average Bonchev–Trinajstić information content (AvgIpc) is 3.21. The lowest BCUT2D eigenvalue weighted by Crippen LogP contribution is -2.50. The molecular formula is C52H92NO7+. The van der Waals surface area contributed by atoms with Crippen molar-refractivity contribution in [1.29, 1.82) is 0 Å². The predicted molar refractivity (Wildman–Crippen MR) is 252 cm³/mol. The second-order valence-corrected chi connectivity index (χ2v) is 17.4. The van der Waals surface area contributed by atoms with Crippen LogP contribution in [0, 0.1) is 0 Å². The van der Waals surface area contributed by atoms with Crippen LogP contribution in [0.25, 0.3) is 0 Å². The summed E-state index contributed by atoms with van der Waals surface area (Å²) in [5.41, 5.74) is 0. The van der Waals surface area contributed by atoms with Crippen LogP contribution in [0.5, 0.6) is 0 Å². The number of aliphatic carboxylic acids is 1. The van der Waals surface area contributed by atoms with Crippen molar-refractivity contribution in [1.82, 2.24) is 0 Å². The van der Waals surface area contributed by atoms with E-state index in [9.17, 15) is 19.5 Å². The van der Waals surface area contributed by atoms with Gasteiger partial charge in [-0.2, -0.15) is 0 Å². The second-order valence-electron chi connectivity index (χ2n) is 17.4. The van der Waals surface area contributed by atoms with Crippen molar-refractivity contribution in [3.8, 4) is 0 Å². The number of esters is 2. The molecule has 60 heavy (non-hydrogen) atoms. The van der Waals surface area contributed by atoms with E-state index in [1.165, 1.54) is 122 Å². The van der Waals surface area contributed by atoms with E-state index in [2.05, 4.69) is 74.6 Å². The first-order valence-electron chi connectivity index (χ1n) is 24.3. The van der Waals surface area contributed by atoms with Crippen LogP contribution >= 0.6 is 0 Å². The number of nitrogens with zero attached hydrogens (tertiary/aromatic N) is 1. The minimum Gasteiger partial charge on any atom is -0.477 e. The minimum absolute atomic E-state index is 0.0386. The van der Waals surface area contributed by atoms with Crippen molar-refractivity contribution in [2.45, 2.75) is 212 Å². The Kier molecular flexibility index (Phi) is 40.6. The highest BCUT2D eigenvalue weighted by atomic mass is 16.6. The lowest BCUT2D eigenvalue weighted by Gasteiger charge is -2.31. The van der Waals surface area contributed by atoms with E-state index < -0.39 is 18.1 Å². The van der Waals surface area contributed by atoms with Gasteiger partial charge in [-0.15, -0.1) is 0 Å². The topological polar surface area (TPSA) is 99.1 Å². The molecule has 0 amide bonds. The van der Waals surface area contributed by atoms with Crippen LogP contribution in [0.2, 0.25) is 0 Å². The lowest BCUT2D eigenvalue weighted by atomic mass is 10.1. The Balaban J connectivity index is 4.36. The summed E-state index contributed by atoms with van der Waals surface area (Å²) in [6, 6.07) is -0.626. The van der Waals surface area contributed by atoms with Gasteiger partial charge in [0.2, 0.25) is 0 Å². The molecule has 0 radical (unpaired) electrons. The van der Waals surface area contributed by atoms with Crippen LogP contribution in [0.15, 0.2) is 60.8 Å². The monoisotopic (exact) mass is 843 g/mol. The summed E-state index contributed by atoms with van der Waals surface area (Å²) in [4.78, 5) is 37.1. The molecule has 1 N–H and O–H groups in total. The van der Waals surface area contributed by atoms with E-state index in [1.807, 2.05) is 21.1 Å². The number of unbranched alkanes of at least 4 members (excludes halogenated alkanes) is 20. The highest BCUT2D eigenvalue weighted by molar-refractivity contribution is 5.72. The summed E-state index contributed by atoms with van der Waals surface area (Å²) in [5, 5.41) is 9.64. The van der Waals surface area contributed by atoms with Gasteiger partial charge >= 0.3 is 17.9 Å². The van der Waals surface area contributed by atoms with Gasteiger partial charge in [0, 0.05) is 19.3 Å². The summed E-state index contributed by atoms with van der Waals surface area (Å²) in [5.74, 6) is -1.54. The second kappa shape index (κ2) is 42.7. The Morgan fingerprint density at radius 3 is 1.48 bits per heavy atom. The van der Waals surface area contributed by atoms with Crippen molar-refractivity contribution < 1.29 is 38.2 Å². The van der Waals surface area contributed by atoms with Gasteiger partial charge in [-0.3, -0.25) is 9.59 Å². The maximum absolute atomic E-state index is 12.7. The number of rotatable bonds is 43. The van der Waals surface area contributed by atoms with Gasteiger partial charge in [0.15, 0.2) is 12.1 Å². The number of carboxylic acid groups (broad SMARTS) is 1. The summed E-state index contributed by atoms with van der Waals surface area (Å²) in [6.45, 7) is 4.65. The summed E-state index contributed by atoms with van der Waals surface area (Å²) >= 11 is 0. The maximum Gasteiger partial charge on any atom is 0.362 e. The Labute approximate surface area is 368 Å². The molecule has 0 aromatic rings. The smallest absolute Gasteiger partial charge is 0.362 e. The molecule has 0 heterocycles. The molecule has 0 saturated heterocycles. The zero-order valence-corrected chi connectivity index (χ0v) is 39.4. The predicted octanol–water partition coefficient (Wildman–Crippen LogP) is 13.8. The highest BCUT2D eigenvalue weighted by Crippen LogP contribution is 2.14. The zero-order valence-electron chi connectivity index (χ0n) is 39.4. The Bertz CT molecular complexity index is 1170. The fourth-order valence-corrected chi connectivity index (χ4v) is 6.86. The van der Waals surface area contributed by atoms with Crippen LogP contribution in [0.3, 0.4) is 0 Å². The van der Waals surface area contributed by atoms with Gasteiger partial charge < -0.3 is 23.8 Å². The molecular weight excluding hydrogens is 751 g/mol. The van der Waals surface area contributed by atoms with Crippen molar-refractivity contribution >= 4 is 17.9 Å². The number of carboxylic acids is 1. The van der Waals surface area contributed by atoms with E-state index in [4.69, 9.17) is 14.2 Å². The average molecular weight is 843 g/mol.